The first kappa shape index (κ1) is 19.0. The topological polar surface area (TPSA) is 118 Å². The SMILES string of the molecule is COC(=O)c1[nH]c2cccc(OC)c2c1NC(=O)Cc1ccccc1C(=O)O. The summed E-state index contributed by atoms with van der Waals surface area (Å²) >= 11 is 0. The molecule has 8 nitrogen and oxygen atoms in total. The van der Waals surface area contributed by atoms with Crippen LogP contribution in [0.3, 0.4) is 0 Å². The predicted octanol–water partition coefficient (Wildman–Crippen LogP) is 2.84. The number of ether oxygens (including phenoxy) is 2. The quantitative estimate of drug-likeness (QED) is 0.564. The van der Waals surface area contributed by atoms with Crippen LogP contribution in [0.1, 0.15) is 26.4 Å². The summed E-state index contributed by atoms with van der Waals surface area (Å²) in [6.45, 7) is 0. The fourth-order valence-electron chi connectivity index (χ4n) is 3.01. The molecule has 3 N–H and O–H groups in total. The number of esters is 1. The van der Waals surface area contributed by atoms with Gasteiger partial charge in [0.25, 0.3) is 0 Å². The van der Waals surface area contributed by atoms with Crippen molar-refractivity contribution >= 4 is 34.4 Å². The minimum atomic E-state index is -1.12. The van der Waals surface area contributed by atoms with Crippen molar-refractivity contribution in [2.45, 2.75) is 6.42 Å². The predicted molar refractivity (Wildman–Crippen MR) is 102 cm³/mol. The monoisotopic (exact) mass is 382 g/mol. The fraction of sp³-hybridized carbons (Fsp3) is 0.150. The number of aromatic carboxylic acids is 1. The van der Waals surface area contributed by atoms with Gasteiger partial charge in [-0.15, -0.1) is 0 Å². The lowest BCUT2D eigenvalue weighted by Crippen LogP contribution is -2.18. The second kappa shape index (κ2) is 7.83. The molecule has 0 aliphatic carbocycles. The molecule has 1 amide bonds. The van der Waals surface area contributed by atoms with Crippen LogP contribution in [0.5, 0.6) is 5.75 Å². The van der Waals surface area contributed by atoms with Crippen molar-refractivity contribution in [3.05, 3.63) is 59.3 Å². The molecule has 0 fully saturated rings. The molecule has 0 bridgehead atoms. The second-order valence-electron chi connectivity index (χ2n) is 5.94. The Balaban J connectivity index is 2.00. The van der Waals surface area contributed by atoms with Gasteiger partial charge in [0.2, 0.25) is 5.91 Å². The van der Waals surface area contributed by atoms with Crippen molar-refractivity contribution in [1.29, 1.82) is 0 Å². The van der Waals surface area contributed by atoms with Gasteiger partial charge in [-0.05, 0) is 23.8 Å². The molecule has 1 aromatic heterocycles. The van der Waals surface area contributed by atoms with Crippen molar-refractivity contribution in [1.82, 2.24) is 4.98 Å². The lowest BCUT2D eigenvalue weighted by Gasteiger charge is -2.10. The van der Waals surface area contributed by atoms with E-state index in [-0.39, 0.29) is 23.4 Å². The highest BCUT2D eigenvalue weighted by Gasteiger charge is 2.23. The van der Waals surface area contributed by atoms with Gasteiger partial charge in [-0.25, -0.2) is 9.59 Å². The van der Waals surface area contributed by atoms with Gasteiger partial charge in [-0.3, -0.25) is 4.79 Å². The number of aromatic amines is 1. The molecule has 0 saturated carbocycles. The molecular weight excluding hydrogens is 364 g/mol. The van der Waals surface area contributed by atoms with Crippen LogP contribution >= 0.6 is 0 Å². The summed E-state index contributed by atoms with van der Waals surface area (Å²) < 4.78 is 10.1. The zero-order valence-electron chi connectivity index (χ0n) is 15.2. The van der Waals surface area contributed by atoms with Crippen molar-refractivity contribution in [2.75, 3.05) is 19.5 Å². The second-order valence-corrected chi connectivity index (χ2v) is 5.94. The molecule has 28 heavy (non-hydrogen) atoms. The molecule has 3 aromatic rings. The highest BCUT2D eigenvalue weighted by Crippen LogP contribution is 2.35. The number of carboxylic acid groups (broad SMARTS) is 1. The number of hydrogen-bond acceptors (Lipinski definition) is 5. The van der Waals surface area contributed by atoms with E-state index in [1.54, 1.807) is 36.4 Å². The number of benzene rings is 2. The highest BCUT2D eigenvalue weighted by molar-refractivity contribution is 6.13. The van der Waals surface area contributed by atoms with Gasteiger partial charge in [-0.1, -0.05) is 24.3 Å². The van der Waals surface area contributed by atoms with E-state index in [4.69, 9.17) is 9.47 Å². The van der Waals surface area contributed by atoms with E-state index >= 15 is 0 Å². The van der Waals surface area contributed by atoms with Crippen LogP contribution in [0.25, 0.3) is 10.9 Å². The van der Waals surface area contributed by atoms with Gasteiger partial charge < -0.3 is 24.9 Å². The maximum Gasteiger partial charge on any atom is 0.356 e. The Bertz CT molecular complexity index is 1070. The van der Waals surface area contributed by atoms with Crippen LogP contribution in [0.4, 0.5) is 5.69 Å². The number of amides is 1. The summed E-state index contributed by atoms with van der Waals surface area (Å²) in [5.74, 6) is -1.79. The van der Waals surface area contributed by atoms with Crippen LogP contribution in [0.2, 0.25) is 0 Å². The number of hydrogen-bond donors (Lipinski definition) is 3. The number of anilines is 1. The molecule has 2 aromatic carbocycles. The van der Waals surface area contributed by atoms with Gasteiger partial charge in [0.15, 0.2) is 0 Å². The van der Waals surface area contributed by atoms with E-state index in [1.165, 1.54) is 20.3 Å². The molecule has 0 saturated heterocycles. The Kier molecular flexibility index (Phi) is 5.30. The Labute approximate surface area is 160 Å². The Morgan fingerprint density at radius 3 is 2.50 bits per heavy atom. The number of H-pyrrole nitrogens is 1. The van der Waals surface area contributed by atoms with Crippen molar-refractivity contribution < 1.29 is 29.0 Å². The van der Waals surface area contributed by atoms with Crippen molar-refractivity contribution in [3.63, 3.8) is 0 Å². The Morgan fingerprint density at radius 1 is 1.07 bits per heavy atom. The number of aromatic nitrogens is 1. The summed E-state index contributed by atoms with van der Waals surface area (Å²) in [5.41, 5.74) is 1.28. The first-order chi connectivity index (χ1) is 13.5. The van der Waals surface area contributed by atoms with Gasteiger partial charge in [0.1, 0.15) is 11.4 Å². The maximum atomic E-state index is 12.7. The zero-order chi connectivity index (χ0) is 20.3. The van der Waals surface area contributed by atoms with Crippen LogP contribution in [0.15, 0.2) is 42.5 Å². The number of carbonyl (C=O) groups excluding carboxylic acids is 2. The minimum absolute atomic E-state index is 0.0438. The van der Waals surface area contributed by atoms with E-state index in [0.29, 0.717) is 22.2 Å². The lowest BCUT2D eigenvalue weighted by atomic mass is 10.0. The number of methoxy groups -OCH3 is 2. The first-order valence-electron chi connectivity index (χ1n) is 8.34. The molecule has 0 atom stereocenters. The van der Waals surface area contributed by atoms with Gasteiger partial charge in [0.05, 0.1) is 42.8 Å². The summed E-state index contributed by atoms with van der Waals surface area (Å²) in [4.78, 5) is 39.1. The number of carbonyl (C=O) groups is 3. The molecule has 1 heterocycles. The molecule has 0 radical (unpaired) electrons. The molecule has 0 spiro atoms. The number of carboxylic acids is 1. The van der Waals surface area contributed by atoms with Crippen LogP contribution < -0.4 is 10.1 Å². The van der Waals surface area contributed by atoms with E-state index in [1.807, 2.05) is 0 Å². The van der Waals surface area contributed by atoms with Crippen LogP contribution in [-0.4, -0.2) is 42.2 Å². The van der Waals surface area contributed by atoms with E-state index in [0.717, 1.165) is 0 Å². The Hall–Kier alpha value is -3.81. The van der Waals surface area contributed by atoms with Crippen LogP contribution in [0, 0.1) is 0 Å². The first-order valence-corrected chi connectivity index (χ1v) is 8.34. The summed E-state index contributed by atoms with van der Waals surface area (Å²) in [6.07, 6.45) is -0.176. The molecule has 144 valence electrons. The molecular formula is C20H18N2O6. The Morgan fingerprint density at radius 2 is 1.82 bits per heavy atom. The third-order valence-corrected chi connectivity index (χ3v) is 4.26. The van der Waals surface area contributed by atoms with Crippen molar-refractivity contribution in [2.24, 2.45) is 0 Å². The molecule has 0 aliphatic heterocycles. The fourth-order valence-corrected chi connectivity index (χ4v) is 3.01. The smallest absolute Gasteiger partial charge is 0.356 e. The van der Waals surface area contributed by atoms with Gasteiger partial charge in [-0.2, -0.15) is 0 Å². The molecule has 0 aliphatic rings. The third-order valence-electron chi connectivity index (χ3n) is 4.26. The van der Waals surface area contributed by atoms with E-state index < -0.39 is 17.8 Å². The largest absolute Gasteiger partial charge is 0.496 e. The standard InChI is InChI=1S/C20H18N2O6/c1-27-14-9-5-8-13-16(14)17(18(21-13)20(26)28-2)22-15(23)10-11-6-3-4-7-12(11)19(24)25/h3-9,21H,10H2,1-2H3,(H,22,23)(H,24,25). The molecule has 0 unspecified atom stereocenters. The zero-order valence-corrected chi connectivity index (χ0v) is 15.2. The summed E-state index contributed by atoms with van der Waals surface area (Å²) in [7, 11) is 2.72. The average Bonchev–Trinajstić information content (AvgIpc) is 3.06. The number of rotatable bonds is 6. The molecule has 3 rings (SSSR count). The van der Waals surface area contributed by atoms with Gasteiger partial charge in [0, 0.05) is 0 Å². The molecule has 8 heteroatoms. The maximum absolute atomic E-state index is 12.7. The number of nitrogens with one attached hydrogen (secondary N) is 2. The average molecular weight is 382 g/mol. The minimum Gasteiger partial charge on any atom is -0.496 e. The summed E-state index contributed by atoms with van der Waals surface area (Å²) in [5, 5.41) is 12.5. The number of fused-ring (bicyclic) bond motifs is 1. The highest BCUT2D eigenvalue weighted by atomic mass is 16.5. The lowest BCUT2D eigenvalue weighted by molar-refractivity contribution is -0.115. The van der Waals surface area contributed by atoms with E-state index in [2.05, 4.69) is 10.3 Å². The van der Waals surface area contributed by atoms with E-state index in [9.17, 15) is 19.5 Å². The summed E-state index contributed by atoms with van der Waals surface area (Å²) in [6, 6.07) is 11.4. The van der Waals surface area contributed by atoms with Crippen molar-refractivity contribution in [3.8, 4) is 5.75 Å². The normalized spacial score (nSPS) is 10.5. The van der Waals surface area contributed by atoms with Crippen LogP contribution in [-0.2, 0) is 16.0 Å². The third kappa shape index (κ3) is 3.52. The van der Waals surface area contributed by atoms with Gasteiger partial charge >= 0.3 is 11.9 Å².